The van der Waals surface area contributed by atoms with E-state index in [1.165, 1.54) is 5.56 Å². The minimum Gasteiger partial charge on any atom is -0.493 e. The SMILES string of the molecule is COc1ccc(-c2cc(-c3ccc(C)cc3)nc(-n3nc(C)cc3C)n2)cc1OC. The molecule has 0 aliphatic rings. The normalized spacial score (nSPS) is 10.8. The van der Waals surface area contributed by atoms with Crippen LogP contribution in [0.4, 0.5) is 0 Å². The number of methoxy groups -OCH3 is 2. The van der Waals surface area contributed by atoms with Gasteiger partial charge in [-0.3, -0.25) is 0 Å². The first kappa shape index (κ1) is 19.6. The second-order valence-electron chi connectivity index (χ2n) is 7.21. The van der Waals surface area contributed by atoms with Gasteiger partial charge in [0, 0.05) is 16.8 Å². The summed E-state index contributed by atoms with van der Waals surface area (Å²) in [7, 11) is 3.25. The van der Waals surface area contributed by atoms with Crippen LogP contribution < -0.4 is 9.47 Å². The van der Waals surface area contributed by atoms with Crippen LogP contribution >= 0.6 is 0 Å². The van der Waals surface area contributed by atoms with E-state index in [4.69, 9.17) is 19.4 Å². The number of nitrogens with zero attached hydrogens (tertiary/aromatic N) is 4. The van der Waals surface area contributed by atoms with Crippen LogP contribution in [0.15, 0.2) is 54.6 Å². The maximum absolute atomic E-state index is 5.48. The third-order valence-electron chi connectivity index (χ3n) is 4.94. The Morgan fingerprint density at radius 1 is 0.700 bits per heavy atom. The molecule has 152 valence electrons. The summed E-state index contributed by atoms with van der Waals surface area (Å²) in [6, 6.07) is 18.1. The molecule has 0 spiro atoms. The molecule has 6 heteroatoms. The van der Waals surface area contributed by atoms with Crippen LogP contribution in [0, 0.1) is 20.8 Å². The van der Waals surface area contributed by atoms with E-state index < -0.39 is 0 Å². The molecule has 2 aromatic heterocycles. The van der Waals surface area contributed by atoms with E-state index in [1.807, 2.05) is 44.2 Å². The summed E-state index contributed by atoms with van der Waals surface area (Å²) in [6.07, 6.45) is 0. The van der Waals surface area contributed by atoms with Gasteiger partial charge in [0.15, 0.2) is 11.5 Å². The highest BCUT2D eigenvalue weighted by Crippen LogP contribution is 2.33. The van der Waals surface area contributed by atoms with Crippen LogP contribution in [0.1, 0.15) is 17.0 Å². The van der Waals surface area contributed by atoms with Gasteiger partial charge in [0.1, 0.15) is 0 Å². The Bertz CT molecular complexity index is 1200. The van der Waals surface area contributed by atoms with E-state index in [0.717, 1.165) is 33.9 Å². The number of hydrogen-bond acceptors (Lipinski definition) is 5. The summed E-state index contributed by atoms with van der Waals surface area (Å²) in [6.45, 7) is 6.03. The van der Waals surface area contributed by atoms with Crippen LogP contribution in [0.5, 0.6) is 11.5 Å². The molecular weight excluding hydrogens is 376 g/mol. The Hall–Kier alpha value is -3.67. The molecule has 0 radical (unpaired) electrons. The summed E-state index contributed by atoms with van der Waals surface area (Å²) in [5.74, 6) is 1.86. The second kappa shape index (κ2) is 7.99. The summed E-state index contributed by atoms with van der Waals surface area (Å²) >= 11 is 0. The van der Waals surface area contributed by atoms with E-state index in [9.17, 15) is 0 Å². The van der Waals surface area contributed by atoms with Crippen molar-refractivity contribution in [3.8, 4) is 40.0 Å². The largest absolute Gasteiger partial charge is 0.493 e. The molecule has 0 unspecified atom stereocenters. The molecule has 30 heavy (non-hydrogen) atoms. The predicted octanol–water partition coefficient (Wildman–Crippen LogP) is 4.94. The third kappa shape index (κ3) is 3.76. The maximum atomic E-state index is 5.48. The molecule has 0 N–H and O–H groups in total. The van der Waals surface area contributed by atoms with Crippen LogP contribution in [-0.4, -0.2) is 34.0 Å². The van der Waals surface area contributed by atoms with Crippen molar-refractivity contribution in [2.45, 2.75) is 20.8 Å². The Morgan fingerprint density at radius 2 is 1.33 bits per heavy atom. The first-order valence-electron chi connectivity index (χ1n) is 9.70. The fourth-order valence-electron chi connectivity index (χ4n) is 3.38. The monoisotopic (exact) mass is 400 g/mol. The molecule has 0 amide bonds. The van der Waals surface area contributed by atoms with Gasteiger partial charge in [-0.2, -0.15) is 5.10 Å². The van der Waals surface area contributed by atoms with Gasteiger partial charge >= 0.3 is 0 Å². The zero-order chi connectivity index (χ0) is 21.3. The average Bonchev–Trinajstić information content (AvgIpc) is 3.11. The number of aromatic nitrogens is 4. The van der Waals surface area contributed by atoms with Crippen molar-refractivity contribution in [3.05, 3.63) is 71.5 Å². The molecule has 4 aromatic rings. The number of aryl methyl sites for hydroxylation is 3. The zero-order valence-corrected chi connectivity index (χ0v) is 17.8. The smallest absolute Gasteiger partial charge is 0.251 e. The van der Waals surface area contributed by atoms with Crippen molar-refractivity contribution < 1.29 is 9.47 Å². The van der Waals surface area contributed by atoms with Gasteiger partial charge in [0.05, 0.1) is 31.3 Å². The first-order valence-corrected chi connectivity index (χ1v) is 9.70. The molecule has 2 aromatic carbocycles. The Labute approximate surface area is 176 Å². The van der Waals surface area contributed by atoms with E-state index in [2.05, 4.69) is 36.3 Å². The van der Waals surface area contributed by atoms with Crippen molar-refractivity contribution in [2.75, 3.05) is 14.2 Å². The Kier molecular flexibility index (Phi) is 5.23. The number of rotatable bonds is 5. The van der Waals surface area contributed by atoms with Crippen molar-refractivity contribution in [1.29, 1.82) is 0 Å². The lowest BCUT2D eigenvalue weighted by molar-refractivity contribution is 0.355. The van der Waals surface area contributed by atoms with Crippen molar-refractivity contribution in [3.63, 3.8) is 0 Å². The first-order chi connectivity index (χ1) is 14.5. The molecule has 0 aliphatic carbocycles. The molecule has 0 saturated heterocycles. The number of hydrogen-bond donors (Lipinski definition) is 0. The molecule has 6 nitrogen and oxygen atoms in total. The quantitative estimate of drug-likeness (QED) is 0.475. The molecule has 0 atom stereocenters. The standard InChI is InChI=1S/C24H24N4O2/c1-15-6-8-18(9-7-15)20-14-21(19-10-11-22(29-4)23(13-19)30-5)26-24(25-20)28-17(3)12-16(2)27-28/h6-14H,1-5H3. The van der Waals surface area contributed by atoms with E-state index >= 15 is 0 Å². The van der Waals surface area contributed by atoms with Crippen molar-refractivity contribution >= 4 is 0 Å². The molecular formula is C24H24N4O2. The molecule has 0 saturated carbocycles. The van der Waals surface area contributed by atoms with Crippen LogP contribution in [0.2, 0.25) is 0 Å². The Morgan fingerprint density at radius 3 is 1.93 bits per heavy atom. The van der Waals surface area contributed by atoms with Gasteiger partial charge in [-0.15, -0.1) is 0 Å². The molecule has 0 aliphatic heterocycles. The molecule has 2 heterocycles. The van der Waals surface area contributed by atoms with Gasteiger partial charge in [0.2, 0.25) is 0 Å². The van der Waals surface area contributed by atoms with E-state index in [1.54, 1.807) is 18.9 Å². The Balaban J connectivity index is 1.92. The van der Waals surface area contributed by atoms with E-state index in [-0.39, 0.29) is 0 Å². The maximum Gasteiger partial charge on any atom is 0.251 e. The van der Waals surface area contributed by atoms with Gasteiger partial charge in [-0.1, -0.05) is 29.8 Å². The van der Waals surface area contributed by atoms with Gasteiger partial charge in [-0.25, -0.2) is 14.6 Å². The summed E-state index contributed by atoms with van der Waals surface area (Å²) in [5, 5.41) is 4.57. The topological polar surface area (TPSA) is 62.1 Å². The third-order valence-corrected chi connectivity index (χ3v) is 4.94. The highest BCUT2D eigenvalue weighted by molar-refractivity contribution is 5.70. The fraction of sp³-hybridized carbons (Fsp3) is 0.208. The lowest BCUT2D eigenvalue weighted by Crippen LogP contribution is -2.07. The lowest BCUT2D eigenvalue weighted by atomic mass is 10.1. The summed E-state index contributed by atoms with van der Waals surface area (Å²) in [4.78, 5) is 9.63. The average molecular weight is 400 g/mol. The van der Waals surface area contributed by atoms with Crippen LogP contribution in [-0.2, 0) is 0 Å². The van der Waals surface area contributed by atoms with Crippen molar-refractivity contribution in [2.24, 2.45) is 0 Å². The van der Waals surface area contributed by atoms with Crippen LogP contribution in [0.3, 0.4) is 0 Å². The summed E-state index contributed by atoms with van der Waals surface area (Å²) in [5.41, 5.74) is 6.64. The highest BCUT2D eigenvalue weighted by atomic mass is 16.5. The van der Waals surface area contributed by atoms with Crippen LogP contribution in [0.25, 0.3) is 28.5 Å². The van der Waals surface area contributed by atoms with Gasteiger partial charge in [-0.05, 0) is 51.1 Å². The molecule has 4 rings (SSSR count). The highest BCUT2D eigenvalue weighted by Gasteiger charge is 2.14. The summed E-state index contributed by atoms with van der Waals surface area (Å²) < 4.78 is 12.6. The zero-order valence-electron chi connectivity index (χ0n) is 17.8. The van der Waals surface area contributed by atoms with Crippen molar-refractivity contribution in [1.82, 2.24) is 19.7 Å². The van der Waals surface area contributed by atoms with Gasteiger partial charge < -0.3 is 9.47 Å². The second-order valence-corrected chi connectivity index (χ2v) is 7.21. The minimum absolute atomic E-state index is 0.531. The lowest BCUT2D eigenvalue weighted by Gasteiger charge is -2.12. The minimum atomic E-state index is 0.531. The molecule has 0 fully saturated rings. The fourth-order valence-corrected chi connectivity index (χ4v) is 3.38. The number of ether oxygens (including phenoxy) is 2. The molecule has 0 bridgehead atoms. The predicted molar refractivity (Wildman–Crippen MR) is 117 cm³/mol. The van der Waals surface area contributed by atoms with Gasteiger partial charge in [0.25, 0.3) is 5.95 Å². The number of benzene rings is 2. The van der Waals surface area contributed by atoms with E-state index in [0.29, 0.717) is 17.4 Å².